The second kappa shape index (κ2) is 9.45. The summed E-state index contributed by atoms with van der Waals surface area (Å²) >= 11 is 0. The van der Waals surface area contributed by atoms with E-state index in [2.05, 4.69) is 15.1 Å². The second-order valence-electron chi connectivity index (χ2n) is 7.11. The first kappa shape index (κ1) is 21.4. The van der Waals surface area contributed by atoms with Crippen LogP contribution in [0, 0.1) is 17.0 Å². The molecule has 2 aromatic rings. The van der Waals surface area contributed by atoms with Crippen LogP contribution in [0.4, 0.5) is 17.1 Å². The van der Waals surface area contributed by atoms with Gasteiger partial charge in [-0.3, -0.25) is 19.8 Å². The number of methoxy groups -OCH3 is 2. The van der Waals surface area contributed by atoms with E-state index < -0.39 is 4.92 Å². The van der Waals surface area contributed by atoms with E-state index in [4.69, 9.17) is 9.47 Å². The molecule has 9 heteroatoms. The van der Waals surface area contributed by atoms with Crippen molar-refractivity contribution in [1.29, 1.82) is 0 Å². The molecule has 160 valence electrons. The molecule has 0 saturated carbocycles. The maximum absolute atomic E-state index is 12.5. The van der Waals surface area contributed by atoms with Gasteiger partial charge < -0.3 is 19.7 Å². The molecule has 1 amide bonds. The zero-order valence-electron chi connectivity index (χ0n) is 17.4. The summed E-state index contributed by atoms with van der Waals surface area (Å²) in [7, 11) is 3.01. The van der Waals surface area contributed by atoms with Gasteiger partial charge in [0.15, 0.2) is 5.75 Å². The van der Waals surface area contributed by atoms with Gasteiger partial charge in [0, 0.05) is 49.7 Å². The number of rotatable bonds is 7. The minimum absolute atomic E-state index is 0.119. The Morgan fingerprint density at radius 3 is 2.33 bits per heavy atom. The topological polar surface area (TPSA) is 97.2 Å². The Hall–Kier alpha value is -3.33. The molecule has 1 fully saturated rings. The molecule has 0 unspecified atom stereocenters. The van der Waals surface area contributed by atoms with Gasteiger partial charge in [0.05, 0.1) is 25.7 Å². The van der Waals surface area contributed by atoms with Gasteiger partial charge >= 0.3 is 5.69 Å². The summed E-state index contributed by atoms with van der Waals surface area (Å²) in [5.74, 6) is 0.785. The number of carbonyl (C=O) groups excluding carboxylic acids is 1. The molecule has 9 nitrogen and oxygen atoms in total. The van der Waals surface area contributed by atoms with Gasteiger partial charge in [0.1, 0.15) is 5.75 Å². The van der Waals surface area contributed by atoms with E-state index in [0.717, 1.165) is 37.6 Å². The minimum atomic E-state index is -0.500. The van der Waals surface area contributed by atoms with Crippen molar-refractivity contribution in [2.75, 3.05) is 57.2 Å². The Balaban J connectivity index is 1.55. The Bertz CT molecular complexity index is 908. The summed E-state index contributed by atoms with van der Waals surface area (Å²) in [6, 6.07) is 10.8. The Kier molecular flexibility index (Phi) is 6.73. The smallest absolute Gasteiger partial charge is 0.311 e. The molecule has 0 spiro atoms. The summed E-state index contributed by atoms with van der Waals surface area (Å²) < 4.78 is 10.3. The van der Waals surface area contributed by atoms with Crippen LogP contribution in [0.3, 0.4) is 0 Å². The Morgan fingerprint density at radius 2 is 1.77 bits per heavy atom. The number of hydrogen-bond donors (Lipinski definition) is 1. The first-order valence-corrected chi connectivity index (χ1v) is 9.65. The fraction of sp³-hybridized carbons (Fsp3) is 0.381. The SMILES string of the molecule is COc1ccc(N2CCN(CC(=O)Nc3cc(OC)c([N+](=O)[O-])cc3C)CC2)cc1. The molecule has 0 atom stereocenters. The number of nitrogens with zero attached hydrogens (tertiary/aromatic N) is 3. The van der Waals surface area contributed by atoms with Crippen LogP contribution in [-0.4, -0.2) is 62.7 Å². The van der Waals surface area contributed by atoms with Crippen LogP contribution in [-0.2, 0) is 4.79 Å². The van der Waals surface area contributed by atoms with Crippen molar-refractivity contribution in [3.8, 4) is 11.5 Å². The van der Waals surface area contributed by atoms with E-state index in [-0.39, 0.29) is 23.9 Å². The van der Waals surface area contributed by atoms with Crippen LogP contribution in [0.1, 0.15) is 5.56 Å². The predicted octanol–water partition coefficient (Wildman–Crippen LogP) is 2.68. The molecule has 1 saturated heterocycles. The van der Waals surface area contributed by atoms with Crippen LogP contribution in [0.5, 0.6) is 11.5 Å². The maximum Gasteiger partial charge on any atom is 0.311 e. The third kappa shape index (κ3) is 4.98. The van der Waals surface area contributed by atoms with E-state index in [1.165, 1.54) is 19.2 Å². The van der Waals surface area contributed by atoms with Gasteiger partial charge in [0.2, 0.25) is 5.91 Å². The van der Waals surface area contributed by atoms with E-state index in [1.54, 1.807) is 14.0 Å². The summed E-state index contributed by atoms with van der Waals surface area (Å²) in [6.07, 6.45) is 0. The van der Waals surface area contributed by atoms with E-state index in [9.17, 15) is 14.9 Å². The zero-order chi connectivity index (χ0) is 21.7. The lowest BCUT2D eigenvalue weighted by atomic mass is 10.1. The van der Waals surface area contributed by atoms with Gasteiger partial charge in [-0.25, -0.2) is 0 Å². The molecule has 1 N–H and O–H groups in total. The number of ether oxygens (including phenoxy) is 2. The quantitative estimate of drug-likeness (QED) is 0.549. The lowest BCUT2D eigenvalue weighted by Crippen LogP contribution is -2.48. The highest BCUT2D eigenvalue weighted by Gasteiger charge is 2.21. The van der Waals surface area contributed by atoms with Gasteiger partial charge in [-0.2, -0.15) is 0 Å². The standard InChI is InChI=1S/C21H26N4O5/c1-15-12-19(25(27)28)20(30-3)13-18(15)22-21(26)14-23-8-10-24(11-9-23)16-4-6-17(29-2)7-5-16/h4-7,12-13H,8-11,14H2,1-3H3,(H,22,26). The van der Waals surface area contributed by atoms with E-state index in [0.29, 0.717) is 11.3 Å². The lowest BCUT2D eigenvalue weighted by Gasteiger charge is -2.35. The number of piperazine rings is 1. The van der Waals surface area contributed by atoms with Gasteiger partial charge in [0.25, 0.3) is 0 Å². The summed E-state index contributed by atoms with van der Waals surface area (Å²) in [4.78, 5) is 27.5. The van der Waals surface area contributed by atoms with Crippen LogP contribution >= 0.6 is 0 Å². The van der Waals surface area contributed by atoms with Gasteiger partial charge in [-0.1, -0.05) is 0 Å². The summed E-state index contributed by atoms with van der Waals surface area (Å²) in [5, 5.41) is 14.0. The molecule has 0 bridgehead atoms. The first-order chi connectivity index (χ1) is 14.4. The van der Waals surface area contributed by atoms with Gasteiger partial charge in [-0.15, -0.1) is 0 Å². The number of aryl methyl sites for hydroxylation is 1. The molecule has 1 heterocycles. The monoisotopic (exact) mass is 414 g/mol. The average molecular weight is 414 g/mol. The zero-order valence-corrected chi connectivity index (χ0v) is 17.4. The highest BCUT2D eigenvalue weighted by atomic mass is 16.6. The first-order valence-electron chi connectivity index (χ1n) is 9.65. The third-order valence-electron chi connectivity index (χ3n) is 5.17. The highest BCUT2D eigenvalue weighted by molar-refractivity contribution is 5.93. The molecule has 30 heavy (non-hydrogen) atoms. The van der Waals surface area contributed by atoms with Crippen LogP contribution < -0.4 is 19.7 Å². The molecular formula is C21H26N4O5. The van der Waals surface area contributed by atoms with Crippen molar-refractivity contribution in [2.24, 2.45) is 0 Å². The molecule has 0 aromatic heterocycles. The Labute approximate surface area is 175 Å². The number of anilines is 2. The van der Waals surface area contributed by atoms with E-state index in [1.807, 2.05) is 24.3 Å². The summed E-state index contributed by atoms with van der Waals surface area (Å²) in [5.41, 5.74) is 2.13. The largest absolute Gasteiger partial charge is 0.497 e. The molecule has 3 rings (SSSR count). The van der Waals surface area contributed by atoms with Crippen molar-refractivity contribution >= 4 is 23.0 Å². The Morgan fingerprint density at radius 1 is 1.10 bits per heavy atom. The van der Waals surface area contributed by atoms with Crippen LogP contribution in [0.2, 0.25) is 0 Å². The fourth-order valence-corrected chi connectivity index (χ4v) is 3.46. The van der Waals surface area contributed by atoms with Crippen molar-refractivity contribution in [3.63, 3.8) is 0 Å². The van der Waals surface area contributed by atoms with E-state index >= 15 is 0 Å². The number of amides is 1. The van der Waals surface area contributed by atoms with Crippen molar-refractivity contribution in [1.82, 2.24) is 4.90 Å². The third-order valence-corrected chi connectivity index (χ3v) is 5.17. The maximum atomic E-state index is 12.5. The summed E-state index contributed by atoms with van der Waals surface area (Å²) in [6.45, 7) is 5.16. The normalized spacial score (nSPS) is 14.3. The van der Waals surface area contributed by atoms with Crippen molar-refractivity contribution < 1.29 is 19.2 Å². The minimum Gasteiger partial charge on any atom is -0.497 e. The molecule has 0 radical (unpaired) electrons. The molecule has 1 aliphatic heterocycles. The van der Waals surface area contributed by atoms with Crippen molar-refractivity contribution in [2.45, 2.75) is 6.92 Å². The van der Waals surface area contributed by atoms with Crippen molar-refractivity contribution in [3.05, 3.63) is 52.1 Å². The predicted molar refractivity (Wildman–Crippen MR) is 115 cm³/mol. The lowest BCUT2D eigenvalue weighted by molar-refractivity contribution is -0.385. The second-order valence-corrected chi connectivity index (χ2v) is 7.11. The number of hydrogen-bond acceptors (Lipinski definition) is 7. The number of nitro groups is 1. The van der Waals surface area contributed by atoms with Crippen LogP contribution in [0.15, 0.2) is 36.4 Å². The average Bonchev–Trinajstić information content (AvgIpc) is 2.75. The highest BCUT2D eigenvalue weighted by Crippen LogP contribution is 2.32. The van der Waals surface area contributed by atoms with Gasteiger partial charge in [-0.05, 0) is 36.8 Å². The fourth-order valence-electron chi connectivity index (χ4n) is 3.46. The molecule has 0 aliphatic carbocycles. The molecule has 1 aliphatic rings. The van der Waals surface area contributed by atoms with Crippen LogP contribution in [0.25, 0.3) is 0 Å². The molecular weight excluding hydrogens is 388 g/mol. The number of nitro benzene ring substituents is 1. The number of benzene rings is 2. The number of nitrogens with one attached hydrogen (secondary N) is 1. The molecule has 2 aromatic carbocycles. The number of carbonyl (C=O) groups is 1.